The number of ether oxygens (including phenoxy) is 1. The van der Waals surface area contributed by atoms with Gasteiger partial charge in [0.05, 0.1) is 11.6 Å². The fourth-order valence-corrected chi connectivity index (χ4v) is 1.90. The molecule has 1 heterocycles. The molecule has 0 spiro atoms. The van der Waals surface area contributed by atoms with Crippen molar-refractivity contribution in [3.05, 3.63) is 16.1 Å². The summed E-state index contributed by atoms with van der Waals surface area (Å²) in [6, 6.07) is 0. The molecule has 0 aliphatic rings. The average molecular weight is 199 g/mol. The summed E-state index contributed by atoms with van der Waals surface area (Å²) in [5.41, 5.74) is 0.558. The van der Waals surface area contributed by atoms with Crippen LogP contribution in [0.25, 0.3) is 0 Å². The van der Waals surface area contributed by atoms with E-state index in [0.717, 1.165) is 5.01 Å². The molecule has 0 amide bonds. The molecule has 1 aromatic heterocycles. The second-order valence-electron chi connectivity index (χ2n) is 2.98. The van der Waals surface area contributed by atoms with Crippen molar-refractivity contribution < 1.29 is 9.53 Å². The van der Waals surface area contributed by atoms with Crippen LogP contribution < -0.4 is 0 Å². The third-order valence-corrected chi connectivity index (χ3v) is 2.80. The Morgan fingerprint density at radius 1 is 1.77 bits per heavy atom. The molecule has 1 aromatic rings. The van der Waals surface area contributed by atoms with Crippen molar-refractivity contribution in [1.29, 1.82) is 0 Å². The van der Waals surface area contributed by atoms with Gasteiger partial charge < -0.3 is 4.74 Å². The first-order chi connectivity index (χ1) is 6.15. The minimum Gasteiger partial charge on any atom is -0.384 e. The van der Waals surface area contributed by atoms with E-state index in [9.17, 15) is 4.79 Å². The Bertz CT molecular complexity index is 296. The van der Waals surface area contributed by atoms with Gasteiger partial charge in [-0.1, -0.05) is 6.92 Å². The van der Waals surface area contributed by atoms with E-state index < -0.39 is 0 Å². The van der Waals surface area contributed by atoms with E-state index in [0.29, 0.717) is 12.3 Å². The van der Waals surface area contributed by atoms with Crippen LogP contribution in [0.3, 0.4) is 0 Å². The number of Topliss-reactive ketones (excluding diaryl/α,β-unsaturated/α-hetero) is 1. The van der Waals surface area contributed by atoms with E-state index in [1.165, 1.54) is 18.3 Å². The average Bonchev–Trinajstić information content (AvgIpc) is 2.52. The Kier molecular flexibility index (Phi) is 3.57. The van der Waals surface area contributed by atoms with E-state index in [1.54, 1.807) is 12.5 Å². The summed E-state index contributed by atoms with van der Waals surface area (Å²) in [4.78, 5) is 15.2. The van der Waals surface area contributed by atoms with E-state index in [4.69, 9.17) is 4.74 Å². The molecule has 3 nitrogen and oxygen atoms in total. The number of hydrogen-bond donors (Lipinski definition) is 0. The summed E-state index contributed by atoms with van der Waals surface area (Å²) in [5.74, 6) is 0.287. The molecule has 0 aromatic carbocycles. The van der Waals surface area contributed by atoms with E-state index >= 15 is 0 Å². The first-order valence-electron chi connectivity index (χ1n) is 4.10. The van der Waals surface area contributed by atoms with Gasteiger partial charge in [0.15, 0.2) is 5.78 Å². The maximum Gasteiger partial charge on any atom is 0.178 e. The van der Waals surface area contributed by atoms with E-state index in [2.05, 4.69) is 4.98 Å². The van der Waals surface area contributed by atoms with Crippen LogP contribution in [0.2, 0.25) is 0 Å². The third kappa shape index (κ3) is 2.60. The van der Waals surface area contributed by atoms with E-state index in [-0.39, 0.29) is 11.7 Å². The predicted molar refractivity (Wildman–Crippen MR) is 52.4 cm³/mol. The summed E-state index contributed by atoms with van der Waals surface area (Å²) >= 11 is 1.51. The molecule has 0 saturated carbocycles. The quantitative estimate of drug-likeness (QED) is 0.697. The molecular formula is C9H13NO2S. The molecule has 0 aliphatic carbocycles. The molecular weight excluding hydrogens is 186 g/mol. The van der Waals surface area contributed by atoms with Crippen LogP contribution in [0.1, 0.15) is 35.3 Å². The highest BCUT2D eigenvalue weighted by Crippen LogP contribution is 2.20. The van der Waals surface area contributed by atoms with Gasteiger partial charge in [0.25, 0.3) is 0 Å². The Balaban J connectivity index is 2.73. The van der Waals surface area contributed by atoms with Gasteiger partial charge in [-0.15, -0.1) is 11.3 Å². The standard InChI is InChI=1S/C9H13NO2S/c1-6(4-12-3)9-10-8(5-13-9)7(2)11/h5-6H,4H2,1-3H3. The number of methoxy groups -OCH3 is 1. The minimum absolute atomic E-state index is 0.0205. The molecule has 1 atom stereocenters. The molecule has 0 fully saturated rings. The largest absolute Gasteiger partial charge is 0.384 e. The molecule has 0 radical (unpaired) electrons. The number of hydrogen-bond acceptors (Lipinski definition) is 4. The van der Waals surface area contributed by atoms with Crippen LogP contribution in [-0.4, -0.2) is 24.5 Å². The van der Waals surface area contributed by atoms with Crippen molar-refractivity contribution >= 4 is 17.1 Å². The summed E-state index contributed by atoms with van der Waals surface area (Å²) in [5, 5.41) is 2.76. The van der Waals surface area contributed by atoms with Gasteiger partial charge in [-0.3, -0.25) is 4.79 Å². The molecule has 1 rings (SSSR count). The number of rotatable bonds is 4. The first-order valence-corrected chi connectivity index (χ1v) is 4.98. The molecule has 0 bridgehead atoms. The zero-order chi connectivity index (χ0) is 9.84. The van der Waals surface area contributed by atoms with Crippen molar-refractivity contribution in [2.24, 2.45) is 0 Å². The summed E-state index contributed by atoms with van der Waals surface area (Å²) in [6.45, 7) is 4.21. The Morgan fingerprint density at radius 3 is 2.92 bits per heavy atom. The van der Waals surface area contributed by atoms with Crippen LogP contribution in [0.4, 0.5) is 0 Å². The van der Waals surface area contributed by atoms with Crippen LogP contribution in [0.5, 0.6) is 0 Å². The van der Waals surface area contributed by atoms with Crippen molar-refractivity contribution in [3.8, 4) is 0 Å². The Hall–Kier alpha value is -0.740. The molecule has 1 unspecified atom stereocenters. The second kappa shape index (κ2) is 4.48. The smallest absolute Gasteiger partial charge is 0.178 e. The SMILES string of the molecule is COCC(C)c1nc(C(C)=O)cs1. The van der Waals surface area contributed by atoms with Crippen LogP contribution in [0, 0.1) is 0 Å². The lowest BCUT2D eigenvalue weighted by Gasteiger charge is -2.04. The lowest BCUT2D eigenvalue weighted by Crippen LogP contribution is -2.02. The van der Waals surface area contributed by atoms with Gasteiger partial charge in [-0.25, -0.2) is 4.98 Å². The fraction of sp³-hybridized carbons (Fsp3) is 0.556. The van der Waals surface area contributed by atoms with E-state index in [1.807, 2.05) is 6.92 Å². The lowest BCUT2D eigenvalue weighted by molar-refractivity contribution is 0.101. The van der Waals surface area contributed by atoms with Crippen LogP contribution in [-0.2, 0) is 4.74 Å². The normalized spacial score (nSPS) is 12.8. The topological polar surface area (TPSA) is 39.2 Å². The monoisotopic (exact) mass is 199 g/mol. The van der Waals surface area contributed by atoms with Gasteiger partial charge >= 0.3 is 0 Å². The Morgan fingerprint density at radius 2 is 2.46 bits per heavy atom. The fourth-order valence-electron chi connectivity index (χ4n) is 0.997. The second-order valence-corrected chi connectivity index (χ2v) is 3.87. The lowest BCUT2D eigenvalue weighted by atomic mass is 10.2. The summed E-state index contributed by atoms with van der Waals surface area (Å²) in [6.07, 6.45) is 0. The zero-order valence-corrected chi connectivity index (χ0v) is 8.85. The number of carbonyl (C=O) groups excluding carboxylic acids is 1. The highest BCUT2D eigenvalue weighted by atomic mass is 32.1. The maximum absolute atomic E-state index is 11.0. The number of thiazole rings is 1. The number of aromatic nitrogens is 1. The minimum atomic E-state index is 0.0205. The highest BCUT2D eigenvalue weighted by Gasteiger charge is 2.11. The van der Waals surface area contributed by atoms with Gasteiger partial charge in [-0.05, 0) is 0 Å². The van der Waals surface area contributed by atoms with Crippen molar-refractivity contribution in [1.82, 2.24) is 4.98 Å². The van der Waals surface area contributed by atoms with Crippen molar-refractivity contribution in [3.63, 3.8) is 0 Å². The first kappa shape index (κ1) is 10.3. The van der Waals surface area contributed by atoms with Crippen LogP contribution >= 0.6 is 11.3 Å². The van der Waals surface area contributed by atoms with Crippen LogP contribution in [0.15, 0.2) is 5.38 Å². The Labute approximate surface area is 81.8 Å². The molecule has 13 heavy (non-hydrogen) atoms. The van der Waals surface area contributed by atoms with Gasteiger partial charge in [0.2, 0.25) is 0 Å². The maximum atomic E-state index is 11.0. The highest BCUT2D eigenvalue weighted by molar-refractivity contribution is 7.09. The summed E-state index contributed by atoms with van der Waals surface area (Å²) < 4.78 is 5.01. The van der Waals surface area contributed by atoms with Gasteiger partial charge in [0, 0.05) is 25.3 Å². The molecule has 0 aliphatic heterocycles. The third-order valence-electron chi connectivity index (χ3n) is 1.72. The summed E-state index contributed by atoms with van der Waals surface area (Å²) in [7, 11) is 1.66. The molecule has 72 valence electrons. The van der Waals surface area contributed by atoms with Gasteiger partial charge in [0.1, 0.15) is 5.69 Å². The van der Waals surface area contributed by atoms with Crippen molar-refractivity contribution in [2.45, 2.75) is 19.8 Å². The van der Waals surface area contributed by atoms with Crippen molar-refractivity contribution in [2.75, 3.05) is 13.7 Å². The van der Waals surface area contributed by atoms with Gasteiger partial charge in [-0.2, -0.15) is 0 Å². The predicted octanol–water partition coefficient (Wildman–Crippen LogP) is 2.10. The zero-order valence-electron chi connectivity index (χ0n) is 8.03. The number of ketones is 1. The molecule has 0 saturated heterocycles. The molecule has 4 heteroatoms. The number of carbonyl (C=O) groups is 1. The molecule has 0 N–H and O–H groups in total. The number of nitrogens with zero attached hydrogens (tertiary/aromatic N) is 1.